The largest absolute Gasteiger partial charge is 0.419 e. The molecule has 0 aliphatic carbocycles. The summed E-state index contributed by atoms with van der Waals surface area (Å²) in [5.41, 5.74) is 0.953. The number of carbonyl (C=O) groups is 1. The van der Waals surface area contributed by atoms with Crippen LogP contribution in [-0.4, -0.2) is 63.1 Å². The summed E-state index contributed by atoms with van der Waals surface area (Å²) >= 11 is 12.1. The van der Waals surface area contributed by atoms with Gasteiger partial charge >= 0.3 is 0 Å². The lowest BCUT2D eigenvalue weighted by molar-refractivity contribution is 0.0312. The number of fused-ring (bicyclic) bond motifs is 1. The molecule has 1 amide bonds. The Hall–Kier alpha value is -2.69. The molecule has 28 heavy (non-hydrogen) atoms. The molecule has 3 aromatic rings. The predicted octanol–water partition coefficient (Wildman–Crippen LogP) is 2.14. The maximum absolute atomic E-state index is 12.8. The monoisotopic (exact) mass is 423 g/mol. The molecule has 12 heteroatoms. The van der Waals surface area contributed by atoms with Crippen LogP contribution in [0.25, 0.3) is 11.5 Å². The standard InChI is InChI=1S/C16H15Cl2N7O3/c1-23-7-27-8-24(2)15(26)12-13(23)20-16(18)25(12)6-11-21-22-14(28-11)9-3-4-10(17)19-5-9/h3-5H,6-8H2,1-2H3. The van der Waals surface area contributed by atoms with Gasteiger partial charge in [0.1, 0.15) is 25.2 Å². The van der Waals surface area contributed by atoms with Crippen LogP contribution in [0.15, 0.2) is 22.7 Å². The van der Waals surface area contributed by atoms with Crippen molar-refractivity contribution in [2.45, 2.75) is 6.54 Å². The minimum atomic E-state index is -0.275. The average molecular weight is 424 g/mol. The first-order chi connectivity index (χ1) is 13.4. The summed E-state index contributed by atoms with van der Waals surface area (Å²) in [4.78, 5) is 24.3. The van der Waals surface area contributed by atoms with Gasteiger partial charge in [-0.25, -0.2) is 4.98 Å². The number of ether oxygens (including phenoxy) is 1. The molecule has 0 fully saturated rings. The Labute approximate surface area is 169 Å². The minimum absolute atomic E-state index is 0.0868. The summed E-state index contributed by atoms with van der Waals surface area (Å²) < 4.78 is 12.7. The molecule has 0 saturated heterocycles. The first-order valence-corrected chi connectivity index (χ1v) is 8.94. The van der Waals surface area contributed by atoms with Gasteiger partial charge in [0.15, 0.2) is 11.5 Å². The van der Waals surface area contributed by atoms with Gasteiger partial charge in [-0.3, -0.25) is 9.36 Å². The van der Waals surface area contributed by atoms with Crippen LogP contribution in [0, 0.1) is 0 Å². The first-order valence-electron chi connectivity index (χ1n) is 8.18. The van der Waals surface area contributed by atoms with Crippen molar-refractivity contribution in [2.75, 3.05) is 32.5 Å². The number of imidazole rings is 1. The number of aromatic nitrogens is 5. The van der Waals surface area contributed by atoms with Crippen molar-refractivity contribution in [1.29, 1.82) is 0 Å². The molecule has 1 aliphatic rings. The maximum atomic E-state index is 12.8. The van der Waals surface area contributed by atoms with Gasteiger partial charge in [0.05, 0.1) is 5.56 Å². The van der Waals surface area contributed by atoms with E-state index in [2.05, 4.69) is 20.2 Å². The number of anilines is 1. The summed E-state index contributed by atoms with van der Waals surface area (Å²) in [7, 11) is 3.41. The lowest BCUT2D eigenvalue weighted by Crippen LogP contribution is -2.37. The molecule has 0 bridgehead atoms. The normalized spacial score (nSPS) is 14.8. The molecule has 0 spiro atoms. The fourth-order valence-electron chi connectivity index (χ4n) is 2.72. The first kappa shape index (κ1) is 18.7. The molecule has 0 aromatic carbocycles. The third-order valence-corrected chi connectivity index (χ3v) is 4.63. The van der Waals surface area contributed by atoms with Gasteiger partial charge in [-0.1, -0.05) is 11.6 Å². The summed E-state index contributed by atoms with van der Waals surface area (Å²) in [6.07, 6.45) is 1.53. The third kappa shape index (κ3) is 3.41. The predicted molar refractivity (Wildman–Crippen MR) is 100 cm³/mol. The van der Waals surface area contributed by atoms with Crippen LogP contribution in [0.5, 0.6) is 0 Å². The van der Waals surface area contributed by atoms with Crippen LogP contribution in [0.2, 0.25) is 10.4 Å². The number of hydrogen-bond acceptors (Lipinski definition) is 8. The zero-order chi connectivity index (χ0) is 19.8. The van der Waals surface area contributed by atoms with Crippen LogP contribution in [0.1, 0.15) is 16.4 Å². The van der Waals surface area contributed by atoms with Crippen molar-refractivity contribution in [3.05, 3.63) is 40.4 Å². The average Bonchev–Trinajstić information content (AvgIpc) is 3.26. The second-order valence-electron chi connectivity index (χ2n) is 6.17. The van der Waals surface area contributed by atoms with Crippen LogP contribution in [0.3, 0.4) is 0 Å². The van der Waals surface area contributed by atoms with E-state index < -0.39 is 0 Å². The number of nitrogens with zero attached hydrogens (tertiary/aromatic N) is 7. The van der Waals surface area contributed by atoms with Crippen LogP contribution < -0.4 is 4.90 Å². The van der Waals surface area contributed by atoms with Crippen molar-refractivity contribution in [1.82, 2.24) is 29.6 Å². The number of halogens is 2. The van der Waals surface area contributed by atoms with Crippen molar-refractivity contribution in [3.8, 4) is 11.5 Å². The van der Waals surface area contributed by atoms with E-state index in [1.807, 2.05) is 0 Å². The van der Waals surface area contributed by atoms with Gasteiger partial charge < -0.3 is 19.0 Å². The lowest BCUT2D eigenvalue weighted by Gasteiger charge is -2.26. The van der Waals surface area contributed by atoms with Gasteiger partial charge in [0.25, 0.3) is 5.91 Å². The minimum Gasteiger partial charge on any atom is -0.419 e. The van der Waals surface area contributed by atoms with Crippen molar-refractivity contribution < 1.29 is 13.9 Å². The molecule has 10 nitrogen and oxygen atoms in total. The van der Waals surface area contributed by atoms with Gasteiger partial charge in [0.2, 0.25) is 17.1 Å². The highest BCUT2D eigenvalue weighted by Gasteiger charge is 2.30. The Kier molecular flexibility index (Phi) is 4.92. The Morgan fingerprint density at radius 2 is 1.93 bits per heavy atom. The SMILES string of the molecule is CN1COCN(C)c2nc(Cl)n(Cc3nnc(-c4ccc(Cl)nc4)o3)c2C1=O. The van der Waals surface area contributed by atoms with Crippen LogP contribution in [0.4, 0.5) is 5.82 Å². The lowest BCUT2D eigenvalue weighted by atomic mass is 10.3. The zero-order valence-electron chi connectivity index (χ0n) is 15.0. The van der Waals surface area contributed by atoms with E-state index in [0.29, 0.717) is 22.2 Å². The van der Waals surface area contributed by atoms with Gasteiger partial charge in [-0.05, 0) is 23.7 Å². The molecule has 3 aromatic heterocycles. The van der Waals surface area contributed by atoms with E-state index in [1.54, 1.807) is 31.1 Å². The molecule has 146 valence electrons. The Balaban J connectivity index is 1.68. The van der Waals surface area contributed by atoms with Crippen molar-refractivity contribution in [2.24, 2.45) is 0 Å². The molecule has 0 radical (unpaired) electrons. The van der Waals surface area contributed by atoms with E-state index in [4.69, 9.17) is 32.4 Å². The quantitative estimate of drug-likeness (QED) is 0.590. The Morgan fingerprint density at radius 3 is 2.68 bits per heavy atom. The highest BCUT2D eigenvalue weighted by molar-refractivity contribution is 6.29. The van der Waals surface area contributed by atoms with Crippen LogP contribution >= 0.6 is 23.2 Å². The van der Waals surface area contributed by atoms with Crippen molar-refractivity contribution in [3.63, 3.8) is 0 Å². The molecule has 0 unspecified atom stereocenters. The zero-order valence-corrected chi connectivity index (χ0v) is 16.5. The fourth-order valence-corrected chi connectivity index (χ4v) is 3.06. The second kappa shape index (κ2) is 7.38. The fraction of sp³-hybridized carbons (Fsp3) is 0.312. The smallest absolute Gasteiger partial charge is 0.276 e. The molecular formula is C16H15Cl2N7O3. The number of rotatable bonds is 3. The van der Waals surface area contributed by atoms with Gasteiger partial charge in [0, 0.05) is 20.3 Å². The van der Waals surface area contributed by atoms with Crippen molar-refractivity contribution >= 4 is 34.9 Å². The van der Waals surface area contributed by atoms with Gasteiger partial charge in [-0.15, -0.1) is 10.2 Å². The van der Waals surface area contributed by atoms with E-state index in [1.165, 1.54) is 15.7 Å². The molecule has 0 atom stereocenters. The van der Waals surface area contributed by atoms with E-state index in [-0.39, 0.29) is 43.0 Å². The second-order valence-corrected chi connectivity index (χ2v) is 6.90. The maximum Gasteiger partial charge on any atom is 0.276 e. The van der Waals surface area contributed by atoms with E-state index in [0.717, 1.165) is 0 Å². The highest BCUT2D eigenvalue weighted by Crippen LogP contribution is 2.28. The molecule has 0 N–H and O–H groups in total. The molecule has 4 rings (SSSR count). The number of hydrogen-bond donors (Lipinski definition) is 0. The summed E-state index contributed by atoms with van der Waals surface area (Å²) in [6.45, 7) is 0.509. The van der Waals surface area contributed by atoms with Gasteiger partial charge in [-0.2, -0.15) is 4.98 Å². The van der Waals surface area contributed by atoms with E-state index in [9.17, 15) is 4.79 Å². The molecular weight excluding hydrogens is 409 g/mol. The van der Waals surface area contributed by atoms with Crippen LogP contribution in [-0.2, 0) is 11.3 Å². The summed E-state index contributed by atoms with van der Waals surface area (Å²) in [5, 5.41) is 8.55. The third-order valence-electron chi connectivity index (χ3n) is 4.12. The Morgan fingerprint density at radius 1 is 1.14 bits per heavy atom. The Bertz CT molecular complexity index is 1020. The summed E-state index contributed by atoms with van der Waals surface area (Å²) in [5.74, 6) is 0.696. The molecule has 0 saturated carbocycles. The number of amides is 1. The number of carbonyl (C=O) groups excluding carboxylic acids is 1. The number of pyridine rings is 1. The molecule has 4 heterocycles. The highest BCUT2D eigenvalue weighted by atomic mass is 35.5. The van der Waals surface area contributed by atoms with E-state index >= 15 is 0 Å². The topological polar surface area (TPSA) is 102 Å². The summed E-state index contributed by atoms with van der Waals surface area (Å²) in [6, 6.07) is 3.35. The molecule has 1 aliphatic heterocycles.